The molecule has 0 aliphatic rings. The van der Waals surface area contributed by atoms with Gasteiger partial charge in [-0.3, -0.25) is 4.57 Å². The number of para-hydroxylation sites is 3. The van der Waals surface area contributed by atoms with E-state index in [0.29, 0.717) is 45.4 Å². The highest BCUT2D eigenvalue weighted by Gasteiger charge is 2.20. The summed E-state index contributed by atoms with van der Waals surface area (Å²) >= 11 is 8.00. The second-order valence-corrected chi connectivity index (χ2v) is 8.86. The highest BCUT2D eigenvalue weighted by molar-refractivity contribution is 7.98. The summed E-state index contributed by atoms with van der Waals surface area (Å²) in [4.78, 5) is 16.4. The number of methoxy groups -OCH3 is 1. The summed E-state index contributed by atoms with van der Waals surface area (Å²) in [5, 5.41) is 10.2. The Hall–Kier alpha value is -3.56. The summed E-state index contributed by atoms with van der Waals surface area (Å²) in [6, 6.07) is 17.2. The van der Waals surface area contributed by atoms with Crippen molar-refractivity contribution in [2.75, 3.05) is 7.11 Å². The van der Waals surface area contributed by atoms with Gasteiger partial charge in [-0.1, -0.05) is 47.6 Å². The van der Waals surface area contributed by atoms with E-state index in [-0.39, 0.29) is 0 Å². The second-order valence-electron chi connectivity index (χ2n) is 7.51. The fourth-order valence-electron chi connectivity index (χ4n) is 3.72. The molecule has 34 heavy (non-hydrogen) atoms. The van der Waals surface area contributed by atoms with E-state index in [1.165, 1.54) is 18.9 Å². The third-order valence-electron chi connectivity index (χ3n) is 5.35. The van der Waals surface area contributed by atoms with Crippen molar-refractivity contribution in [2.24, 2.45) is 0 Å². The van der Waals surface area contributed by atoms with Crippen LogP contribution in [0.4, 0.5) is 0 Å². The minimum Gasteiger partial charge on any atom is -0.465 e. The lowest BCUT2D eigenvalue weighted by Crippen LogP contribution is -2.08. The number of furan rings is 1. The van der Waals surface area contributed by atoms with Crippen LogP contribution in [0.25, 0.3) is 16.7 Å². The van der Waals surface area contributed by atoms with Crippen molar-refractivity contribution < 1.29 is 13.9 Å². The molecule has 5 aromatic rings. The van der Waals surface area contributed by atoms with Crippen LogP contribution >= 0.6 is 23.4 Å². The molecule has 0 bridgehead atoms. The summed E-state index contributed by atoms with van der Waals surface area (Å²) in [6.45, 7) is 2.20. The number of hydrogen-bond acceptors (Lipinski definition) is 7. The van der Waals surface area contributed by atoms with Crippen LogP contribution in [0.3, 0.4) is 0 Å². The zero-order chi connectivity index (χ0) is 23.7. The first-order chi connectivity index (χ1) is 16.5. The molecule has 0 saturated heterocycles. The Morgan fingerprint density at radius 2 is 1.94 bits per heavy atom. The SMILES string of the molecule is COC(=O)c1cc(CSc2nnc(Cn3cnc4ccccc43)n2-c2ccccc2Cl)oc1C. The average Bonchev–Trinajstić information content (AvgIpc) is 3.55. The fourth-order valence-corrected chi connectivity index (χ4v) is 4.79. The maximum Gasteiger partial charge on any atom is 0.341 e. The van der Waals surface area contributed by atoms with Crippen molar-refractivity contribution in [3.63, 3.8) is 0 Å². The van der Waals surface area contributed by atoms with E-state index >= 15 is 0 Å². The van der Waals surface area contributed by atoms with Gasteiger partial charge >= 0.3 is 5.97 Å². The highest BCUT2D eigenvalue weighted by Crippen LogP contribution is 2.30. The molecule has 0 amide bonds. The van der Waals surface area contributed by atoms with Gasteiger partial charge in [-0.2, -0.15) is 0 Å². The van der Waals surface area contributed by atoms with Crippen LogP contribution in [0.15, 0.2) is 70.5 Å². The first-order valence-corrected chi connectivity index (χ1v) is 11.8. The van der Waals surface area contributed by atoms with E-state index in [0.717, 1.165) is 16.7 Å². The Morgan fingerprint density at radius 1 is 1.15 bits per heavy atom. The van der Waals surface area contributed by atoms with Crippen molar-refractivity contribution in [1.82, 2.24) is 24.3 Å². The van der Waals surface area contributed by atoms with Gasteiger partial charge in [0.1, 0.15) is 17.1 Å². The van der Waals surface area contributed by atoms with Crippen molar-refractivity contribution in [3.05, 3.63) is 88.9 Å². The van der Waals surface area contributed by atoms with E-state index in [4.69, 9.17) is 20.8 Å². The first-order valence-electron chi connectivity index (χ1n) is 10.4. The number of carbonyl (C=O) groups is 1. The number of carbonyl (C=O) groups excluding carboxylic acids is 1. The Labute approximate surface area is 204 Å². The van der Waals surface area contributed by atoms with Crippen LogP contribution < -0.4 is 0 Å². The van der Waals surface area contributed by atoms with Crippen LogP contribution in [0.1, 0.15) is 27.7 Å². The van der Waals surface area contributed by atoms with Crippen LogP contribution in [0.5, 0.6) is 0 Å². The maximum absolute atomic E-state index is 11.9. The molecule has 0 aliphatic carbocycles. The standard InChI is InChI=1S/C24H20ClN5O3S/c1-15-17(23(31)32-2)11-16(33-15)13-34-24-28-27-22(30(24)20-9-5-3-7-18(20)25)12-29-14-26-19-8-4-6-10-21(19)29/h3-11,14H,12-13H2,1-2H3. The number of aryl methyl sites for hydroxylation is 1. The average molecular weight is 494 g/mol. The molecule has 0 saturated carbocycles. The van der Waals surface area contributed by atoms with Crippen molar-refractivity contribution in [3.8, 4) is 5.69 Å². The van der Waals surface area contributed by atoms with E-state index in [1.54, 1.807) is 19.3 Å². The molecular weight excluding hydrogens is 474 g/mol. The zero-order valence-corrected chi connectivity index (χ0v) is 20.0. The minimum atomic E-state index is -0.424. The fraction of sp³-hybridized carbons (Fsp3) is 0.167. The van der Waals surface area contributed by atoms with Gasteiger partial charge in [-0.25, -0.2) is 9.78 Å². The molecule has 5 rings (SSSR count). The van der Waals surface area contributed by atoms with Crippen molar-refractivity contribution in [2.45, 2.75) is 24.4 Å². The Bertz CT molecular complexity index is 1490. The summed E-state index contributed by atoms with van der Waals surface area (Å²) in [5.74, 6) is 1.90. The van der Waals surface area contributed by atoms with Gasteiger partial charge in [0.2, 0.25) is 0 Å². The summed E-state index contributed by atoms with van der Waals surface area (Å²) in [7, 11) is 1.35. The molecule has 0 fully saturated rings. The number of ether oxygens (including phenoxy) is 1. The van der Waals surface area contributed by atoms with Crippen LogP contribution in [0.2, 0.25) is 5.02 Å². The molecule has 10 heteroatoms. The number of benzene rings is 2. The van der Waals surface area contributed by atoms with Gasteiger partial charge in [-0.05, 0) is 37.3 Å². The molecule has 3 aromatic heterocycles. The monoisotopic (exact) mass is 493 g/mol. The quantitative estimate of drug-likeness (QED) is 0.224. The molecule has 0 unspecified atom stereocenters. The number of fused-ring (bicyclic) bond motifs is 1. The number of halogens is 1. The molecule has 2 aromatic carbocycles. The molecule has 0 radical (unpaired) electrons. The maximum atomic E-state index is 11.9. The number of thioether (sulfide) groups is 1. The predicted octanol–water partition coefficient (Wildman–Crippen LogP) is 5.30. The number of nitrogens with zero attached hydrogens (tertiary/aromatic N) is 5. The van der Waals surface area contributed by atoms with Crippen LogP contribution in [0, 0.1) is 6.92 Å². The van der Waals surface area contributed by atoms with Gasteiger partial charge in [-0.15, -0.1) is 10.2 Å². The topological polar surface area (TPSA) is 88.0 Å². The largest absolute Gasteiger partial charge is 0.465 e. The Morgan fingerprint density at radius 3 is 2.76 bits per heavy atom. The summed E-state index contributed by atoms with van der Waals surface area (Å²) in [6.07, 6.45) is 1.79. The van der Waals surface area contributed by atoms with E-state index in [1.807, 2.05) is 57.7 Å². The molecule has 0 aliphatic heterocycles. The first kappa shape index (κ1) is 22.2. The number of imidazole rings is 1. The lowest BCUT2D eigenvalue weighted by molar-refractivity contribution is 0.0599. The van der Waals surface area contributed by atoms with E-state index < -0.39 is 5.97 Å². The molecule has 0 atom stereocenters. The van der Waals surface area contributed by atoms with Gasteiger partial charge in [0.25, 0.3) is 0 Å². The van der Waals surface area contributed by atoms with E-state index in [9.17, 15) is 4.79 Å². The van der Waals surface area contributed by atoms with Crippen LogP contribution in [-0.4, -0.2) is 37.4 Å². The number of aromatic nitrogens is 5. The second kappa shape index (κ2) is 9.36. The summed E-state index contributed by atoms with van der Waals surface area (Å²) in [5.41, 5.74) is 3.11. The van der Waals surface area contributed by atoms with Crippen molar-refractivity contribution in [1.29, 1.82) is 0 Å². The van der Waals surface area contributed by atoms with E-state index in [2.05, 4.69) is 15.2 Å². The zero-order valence-electron chi connectivity index (χ0n) is 18.4. The third-order valence-corrected chi connectivity index (χ3v) is 6.62. The van der Waals surface area contributed by atoms with Crippen molar-refractivity contribution >= 4 is 40.4 Å². The molecule has 0 N–H and O–H groups in total. The normalized spacial score (nSPS) is 11.3. The molecule has 0 spiro atoms. The van der Waals surface area contributed by atoms with Gasteiger partial charge < -0.3 is 13.7 Å². The molecule has 8 nitrogen and oxygen atoms in total. The molecular formula is C24H20ClN5O3S. The predicted molar refractivity (Wildman–Crippen MR) is 130 cm³/mol. The lowest BCUT2D eigenvalue weighted by atomic mass is 10.2. The minimum absolute atomic E-state index is 0.415. The Kier molecular flexibility index (Phi) is 6.12. The van der Waals surface area contributed by atoms with Gasteiger partial charge in [0.05, 0.1) is 47.5 Å². The number of esters is 1. The highest BCUT2D eigenvalue weighted by atomic mass is 35.5. The number of hydrogen-bond donors (Lipinski definition) is 0. The molecule has 3 heterocycles. The van der Waals surface area contributed by atoms with Gasteiger partial charge in [0.15, 0.2) is 11.0 Å². The third kappa shape index (κ3) is 4.20. The van der Waals surface area contributed by atoms with Crippen LogP contribution in [-0.2, 0) is 17.0 Å². The lowest BCUT2D eigenvalue weighted by Gasteiger charge is -2.12. The summed E-state index contributed by atoms with van der Waals surface area (Å²) < 4.78 is 14.5. The molecule has 172 valence electrons. The Balaban J connectivity index is 1.49. The smallest absolute Gasteiger partial charge is 0.341 e. The van der Waals surface area contributed by atoms with Gasteiger partial charge in [0, 0.05) is 0 Å². The number of rotatable bonds is 7.